The van der Waals surface area contributed by atoms with Crippen LogP contribution in [0.1, 0.15) is 18.5 Å². The first-order chi connectivity index (χ1) is 8.97. The molecule has 2 aromatic rings. The number of anilines is 1. The Kier molecular flexibility index (Phi) is 3.64. The van der Waals surface area contributed by atoms with Gasteiger partial charge in [0.05, 0.1) is 11.7 Å². The van der Waals surface area contributed by atoms with Gasteiger partial charge in [-0.05, 0) is 31.2 Å². The van der Waals surface area contributed by atoms with Gasteiger partial charge in [0, 0.05) is 24.9 Å². The van der Waals surface area contributed by atoms with Crippen molar-refractivity contribution in [1.82, 2.24) is 4.57 Å². The van der Waals surface area contributed by atoms with Crippen molar-refractivity contribution in [2.45, 2.75) is 13.0 Å². The molecule has 1 aromatic carbocycles. The second-order valence-electron chi connectivity index (χ2n) is 4.40. The van der Waals surface area contributed by atoms with Gasteiger partial charge in [0.15, 0.2) is 0 Å². The van der Waals surface area contributed by atoms with E-state index in [1.165, 1.54) is 10.6 Å². The van der Waals surface area contributed by atoms with Crippen molar-refractivity contribution in [3.05, 3.63) is 64.1 Å². The maximum Gasteiger partial charge on any atom is 0.250 e. The molecule has 19 heavy (non-hydrogen) atoms. The third kappa shape index (κ3) is 2.99. The van der Waals surface area contributed by atoms with Crippen LogP contribution in [0.5, 0.6) is 0 Å². The van der Waals surface area contributed by atoms with Crippen LogP contribution in [-0.4, -0.2) is 4.57 Å². The van der Waals surface area contributed by atoms with Crippen molar-refractivity contribution >= 4 is 5.69 Å². The largest absolute Gasteiger partial charge is 0.377 e. The summed E-state index contributed by atoms with van der Waals surface area (Å²) in [5.74, 6) is -0.947. The molecule has 0 aliphatic rings. The van der Waals surface area contributed by atoms with E-state index < -0.39 is 17.7 Å². The van der Waals surface area contributed by atoms with Crippen molar-refractivity contribution in [2.75, 3.05) is 5.32 Å². The molecule has 0 amide bonds. The van der Waals surface area contributed by atoms with Gasteiger partial charge in [0.1, 0.15) is 11.6 Å². The predicted octanol–water partition coefficient (Wildman–Crippen LogP) is 2.84. The molecule has 0 saturated carbocycles. The first kappa shape index (κ1) is 13.3. The Morgan fingerprint density at radius 2 is 1.95 bits per heavy atom. The molecule has 0 aliphatic carbocycles. The lowest BCUT2D eigenvalue weighted by molar-refractivity contribution is 0.577. The minimum absolute atomic E-state index is 0.130. The van der Waals surface area contributed by atoms with E-state index in [0.717, 1.165) is 18.2 Å². The number of hydrogen-bond acceptors (Lipinski definition) is 2. The molecule has 0 bridgehead atoms. The highest BCUT2D eigenvalue weighted by Gasteiger charge is 2.12. The average molecular weight is 264 g/mol. The van der Waals surface area contributed by atoms with Crippen LogP contribution in [0.25, 0.3) is 0 Å². The van der Waals surface area contributed by atoms with Gasteiger partial charge >= 0.3 is 0 Å². The maximum atomic E-state index is 13.6. The first-order valence-corrected chi connectivity index (χ1v) is 5.85. The van der Waals surface area contributed by atoms with Gasteiger partial charge in [-0.2, -0.15) is 0 Å². The van der Waals surface area contributed by atoms with E-state index in [2.05, 4.69) is 5.32 Å². The summed E-state index contributed by atoms with van der Waals surface area (Å²) in [6, 6.07) is 5.96. The number of nitrogens with zero attached hydrogens (tertiary/aromatic N) is 1. The molecule has 0 radical (unpaired) electrons. The van der Waals surface area contributed by atoms with Crippen LogP contribution < -0.4 is 10.9 Å². The zero-order valence-electron chi connectivity index (χ0n) is 10.7. The number of pyridine rings is 1. The highest BCUT2D eigenvalue weighted by Crippen LogP contribution is 2.21. The van der Waals surface area contributed by atoms with E-state index >= 15 is 0 Å². The minimum Gasteiger partial charge on any atom is -0.377 e. The van der Waals surface area contributed by atoms with Crippen LogP contribution in [0, 0.1) is 11.6 Å². The summed E-state index contributed by atoms with van der Waals surface area (Å²) in [5, 5.41) is 3.03. The Morgan fingerprint density at radius 1 is 1.21 bits per heavy atom. The SMILES string of the molecule is CC(Nc1ccc(=O)n(C)c1)c1cc(F)ccc1F. The fourth-order valence-electron chi connectivity index (χ4n) is 1.85. The van der Waals surface area contributed by atoms with Crippen molar-refractivity contribution in [2.24, 2.45) is 7.05 Å². The van der Waals surface area contributed by atoms with E-state index in [1.54, 1.807) is 26.2 Å². The van der Waals surface area contributed by atoms with E-state index in [1.807, 2.05) is 0 Å². The monoisotopic (exact) mass is 264 g/mol. The fourth-order valence-corrected chi connectivity index (χ4v) is 1.85. The third-order valence-corrected chi connectivity index (χ3v) is 2.89. The number of rotatable bonds is 3. The average Bonchev–Trinajstić information content (AvgIpc) is 2.36. The molecule has 100 valence electrons. The summed E-state index contributed by atoms with van der Waals surface area (Å²) < 4.78 is 28.1. The second kappa shape index (κ2) is 5.22. The van der Waals surface area contributed by atoms with Gasteiger partial charge in [-0.1, -0.05) is 0 Å². The third-order valence-electron chi connectivity index (χ3n) is 2.89. The minimum atomic E-state index is -0.481. The van der Waals surface area contributed by atoms with Crippen LogP contribution in [0.3, 0.4) is 0 Å². The molecular formula is C14H14F2N2O. The molecule has 1 unspecified atom stereocenters. The number of nitrogens with one attached hydrogen (secondary N) is 1. The summed E-state index contributed by atoms with van der Waals surface area (Å²) in [7, 11) is 1.63. The fraction of sp³-hybridized carbons (Fsp3) is 0.214. The molecular weight excluding hydrogens is 250 g/mol. The number of benzene rings is 1. The zero-order valence-corrected chi connectivity index (χ0v) is 10.7. The quantitative estimate of drug-likeness (QED) is 0.925. The first-order valence-electron chi connectivity index (χ1n) is 5.85. The normalized spacial score (nSPS) is 12.2. The van der Waals surface area contributed by atoms with Crippen molar-refractivity contribution in [3.63, 3.8) is 0 Å². The smallest absolute Gasteiger partial charge is 0.250 e. The Morgan fingerprint density at radius 3 is 2.63 bits per heavy atom. The van der Waals surface area contributed by atoms with E-state index in [-0.39, 0.29) is 11.1 Å². The summed E-state index contributed by atoms with van der Waals surface area (Å²) in [6.07, 6.45) is 1.61. The van der Waals surface area contributed by atoms with E-state index in [4.69, 9.17) is 0 Å². The van der Waals surface area contributed by atoms with Crippen molar-refractivity contribution in [1.29, 1.82) is 0 Å². The van der Waals surface area contributed by atoms with Gasteiger partial charge in [-0.25, -0.2) is 8.78 Å². The molecule has 1 heterocycles. The zero-order chi connectivity index (χ0) is 14.0. The molecule has 0 fully saturated rings. The molecule has 5 heteroatoms. The lowest BCUT2D eigenvalue weighted by atomic mass is 10.1. The van der Waals surface area contributed by atoms with Gasteiger partial charge in [0.25, 0.3) is 0 Å². The van der Waals surface area contributed by atoms with Crippen molar-refractivity contribution in [3.8, 4) is 0 Å². The van der Waals surface area contributed by atoms with Gasteiger partial charge in [-0.15, -0.1) is 0 Å². The molecule has 0 saturated heterocycles. The number of hydrogen-bond donors (Lipinski definition) is 1. The Bertz CT molecular complexity index is 652. The van der Waals surface area contributed by atoms with Crippen LogP contribution in [0.2, 0.25) is 0 Å². The second-order valence-corrected chi connectivity index (χ2v) is 4.40. The molecule has 0 spiro atoms. The van der Waals surface area contributed by atoms with Crippen LogP contribution in [0.4, 0.5) is 14.5 Å². The van der Waals surface area contributed by atoms with Gasteiger partial charge < -0.3 is 9.88 Å². The van der Waals surface area contributed by atoms with Crippen molar-refractivity contribution < 1.29 is 8.78 Å². The van der Waals surface area contributed by atoms with E-state index in [9.17, 15) is 13.6 Å². The Labute approximate surface area is 109 Å². The molecule has 1 aromatic heterocycles. The molecule has 2 rings (SSSR count). The molecule has 1 N–H and O–H groups in total. The number of aromatic nitrogens is 1. The summed E-state index contributed by atoms with van der Waals surface area (Å²) in [4.78, 5) is 11.3. The lowest BCUT2D eigenvalue weighted by Crippen LogP contribution is -2.16. The lowest BCUT2D eigenvalue weighted by Gasteiger charge is -2.16. The number of halogens is 2. The standard InChI is InChI=1S/C14H14F2N2O/c1-9(12-7-10(15)3-5-13(12)16)17-11-4-6-14(19)18(2)8-11/h3-9,17H,1-2H3. The van der Waals surface area contributed by atoms with Crippen LogP contribution in [-0.2, 0) is 7.05 Å². The summed E-state index contributed by atoms with van der Waals surface area (Å²) in [6.45, 7) is 1.73. The maximum absolute atomic E-state index is 13.6. The summed E-state index contributed by atoms with van der Waals surface area (Å²) >= 11 is 0. The Hall–Kier alpha value is -2.17. The Balaban J connectivity index is 2.25. The molecule has 1 atom stereocenters. The van der Waals surface area contributed by atoms with Crippen LogP contribution in [0.15, 0.2) is 41.3 Å². The van der Waals surface area contributed by atoms with Crippen LogP contribution >= 0.6 is 0 Å². The van der Waals surface area contributed by atoms with Gasteiger partial charge in [0.2, 0.25) is 5.56 Å². The topological polar surface area (TPSA) is 34.0 Å². The molecule has 3 nitrogen and oxygen atoms in total. The van der Waals surface area contributed by atoms with Gasteiger partial charge in [-0.3, -0.25) is 4.79 Å². The van der Waals surface area contributed by atoms with E-state index in [0.29, 0.717) is 5.69 Å². The highest BCUT2D eigenvalue weighted by molar-refractivity contribution is 5.43. The molecule has 0 aliphatic heterocycles. The number of aryl methyl sites for hydroxylation is 1. The predicted molar refractivity (Wildman–Crippen MR) is 70.1 cm³/mol. The highest BCUT2D eigenvalue weighted by atomic mass is 19.1. The summed E-state index contributed by atoms with van der Waals surface area (Å²) in [5.41, 5.74) is 0.780.